The highest BCUT2D eigenvalue weighted by atomic mass is 16.2. The first-order chi connectivity index (χ1) is 11.6. The number of carbonyl (C=O) groups excluding carboxylic acids is 1. The van der Waals surface area contributed by atoms with Gasteiger partial charge < -0.3 is 4.90 Å². The molecule has 0 N–H and O–H groups in total. The Morgan fingerprint density at radius 2 is 2.04 bits per heavy atom. The van der Waals surface area contributed by atoms with Crippen LogP contribution in [0.1, 0.15) is 70.3 Å². The first kappa shape index (κ1) is 17.3. The number of carbonyl (C=O) groups is 1. The van der Waals surface area contributed by atoms with Crippen molar-refractivity contribution in [3.8, 4) is 0 Å². The number of rotatable bonds is 5. The Morgan fingerprint density at radius 1 is 1.29 bits per heavy atom. The van der Waals surface area contributed by atoms with Crippen molar-refractivity contribution in [2.45, 2.75) is 64.5 Å². The molecule has 1 aliphatic heterocycles. The van der Waals surface area contributed by atoms with Gasteiger partial charge in [-0.2, -0.15) is 0 Å². The summed E-state index contributed by atoms with van der Waals surface area (Å²) in [4.78, 5) is 15.8. The van der Waals surface area contributed by atoms with Gasteiger partial charge in [0.15, 0.2) is 5.82 Å². The van der Waals surface area contributed by atoms with E-state index in [-0.39, 0.29) is 11.9 Å². The molecule has 0 aromatic carbocycles. The minimum Gasteiger partial charge on any atom is -0.343 e. The second-order valence-electron chi connectivity index (χ2n) is 7.51. The van der Waals surface area contributed by atoms with Crippen LogP contribution in [0.2, 0.25) is 0 Å². The summed E-state index contributed by atoms with van der Waals surface area (Å²) < 4.78 is 2.07. The van der Waals surface area contributed by atoms with Crippen LogP contribution in [0.3, 0.4) is 0 Å². The van der Waals surface area contributed by atoms with Crippen molar-refractivity contribution in [2.75, 3.05) is 26.7 Å². The Hall–Kier alpha value is -1.50. The van der Waals surface area contributed by atoms with Crippen molar-refractivity contribution in [3.63, 3.8) is 0 Å². The van der Waals surface area contributed by atoms with E-state index in [9.17, 15) is 4.79 Å². The second-order valence-corrected chi connectivity index (χ2v) is 7.51. The lowest BCUT2D eigenvalue weighted by Gasteiger charge is -2.29. The van der Waals surface area contributed by atoms with Crippen LogP contribution in [0.4, 0.5) is 0 Å². The molecule has 2 atom stereocenters. The van der Waals surface area contributed by atoms with Gasteiger partial charge in [0.25, 0.3) is 0 Å². The summed E-state index contributed by atoms with van der Waals surface area (Å²) in [7, 11) is 2.14. The molecule has 0 radical (unpaired) electrons. The summed E-state index contributed by atoms with van der Waals surface area (Å²) in [5.41, 5.74) is 0. The van der Waals surface area contributed by atoms with Crippen molar-refractivity contribution in [2.24, 2.45) is 5.92 Å². The molecule has 2 heterocycles. The fraction of sp³-hybridized carbons (Fsp3) is 0.882. The Balaban J connectivity index is 1.61. The molecular formula is C17H30N6O. The molecule has 7 heteroatoms. The van der Waals surface area contributed by atoms with Crippen LogP contribution in [0.25, 0.3) is 0 Å². The van der Waals surface area contributed by atoms with Gasteiger partial charge in [0.1, 0.15) is 0 Å². The minimum absolute atomic E-state index is 0.188. The van der Waals surface area contributed by atoms with E-state index < -0.39 is 0 Å². The second kappa shape index (κ2) is 7.59. The van der Waals surface area contributed by atoms with Gasteiger partial charge in [0.05, 0.1) is 12.1 Å². The molecule has 134 valence electrons. The summed E-state index contributed by atoms with van der Waals surface area (Å²) in [6, 6.07) is 0.646. The normalized spacial score (nSPS) is 23.8. The molecule has 1 saturated heterocycles. The number of hydrogen-bond acceptors (Lipinski definition) is 5. The monoisotopic (exact) mass is 334 g/mol. The highest BCUT2D eigenvalue weighted by Crippen LogP contribution is 2.30. The average Bonchev–Trinajstić information content (AvgIpc) is 3.24. The van der Waals surface area contributed by atoms with E-state index >= 15 is 0 Å². The van der Waals surface area contributed by atoms with E-state index in [1.54, 1.807) is 6.92 Å². The molecule has 1 aliphatic carbocycles. The molecule has 1 aromatic rings. The third kappa shape index (κ3) is 3.77. The Labute approximate surface area is 144 Å². The summed E-state index contributed by atoms with van der Waals surface area (Å²) in [6.07, 6.45) is 7.34. The predicted octanol–water partition coefficient (Wildman–Crippen LogP) is 2.04. The van der Waals surface area contributed by atoms with E-state index in [0.717, 1.165) is 31.9 Å². The number of nitrogens with zero attached hydrogens (tertiary/aromatic N) is 6. The zero-order chi connectivity index (χ0) is 17.1. The van der Waals surface area contributed by atoms with Crippen molar-refractivity contribution < 1.29 is 4.79 Å². The predicted molar refractivity (Wildman–Crippen MR) is 91.3 cm³/mol. The summed E-state index contributed by atoms with van der Waals surface area (Å²) >= 11 is 0. The molecule has 0 bridgehead atoms. The van der Waals surface area contributed by atoms with Crippen LogP contribution in [0.5, 0.6) is 0 Å². The fourth-order valence-corrected chi connectivity index (χ4v) is 4.09. The number of likely N-dealkylation sites (tertiary alicyclic amines) is 1. The number of aromatic nitrogens is 4. The molecule has 3 rings (SSSR count). The van der Waals surface area contributed by atoms with E-state index in [1.165, 1.54) is 32.1 Å². The van der Waals surface area contributed by atoms with Crippen molar-refractivity contribution in [1.82, 2.24) is 30.0 Å². The van der Waals surface area contributed by atoms with Gasteiger partial charge in [-0.3, -0.25) is 9.69 Å². The van der Waals surface area contributed by atoms with Crippen LogP contribution in [-0.4, -0.2) is 62.6 Å². The standard InChI is InChI=1S/C17H30N6O/c1-13(21(3)11-15-9-10-22(12-15)14(2)24)17-18-19-20-23(17)16-7-5-4-6-8-16/h13,15-16H,4-12H2,1-3H3/t13-,15-/m1/s1. The van der Waals surface area contributed by atoms with Gasteiger partial charge in [0, 0.05) is 26.6 Å². The molecular weight excluding hydrogens is 304 g/mol. The van der Waals surface area contributed by atoms with Crippen molar-refractivity contribution >= 4 is 5.91 Å². The molecule has 2 fully saturated rings. The first-order valence-electron chi connectivity index (χ1n) is 9.29. The molecule has 7 nitrogen and oxygen atoms in total. The number of hydrogen-bond donors (Lipinski definition) is 0. The molecule has 1 saturated carbocycles. The van der Waals surface area contributed by atoms with Crippen LogP contribution in [-0.2, 0) is 4.79 Å². The van der Waals surface area contributed by atoms with Gasteiger partial charge >= 0.3 is 0 Å². The summed E-state index contributed by atoms with van der Waals surface area (Å²) in [6.45, 7) is 6.58. The van der Waals surface area contributed by atoms with Crippen molar-refractivity contribution in [1.29, 1.82) is 0 Å². The Kier molecular flexibility index (Phi) is 5.48. The minimum atomic E-state index is 0.188. The van der Waals surface area contributed by atoms with Gasteiger partial charge in [0.2, 0.25) is 5.91 Å². The van der Waals surface area contributed by atoms with Gasteiger partial charge in [-0.05, 0) is 49.6 Å². The van der Waals surface area contributed by atoms with Gasteiger partial charge in [-0.25, -0.2) is 4.68 Å². The Morgan fingerprint density at radius 3 is 2.71 bits per heavy atom. The SMILES string of the molecule is CC(=O)N1CC[C@H](CN(C)[C@H](C)c2nnnn2C2CCCCC2)C1. The lowest BCUT2D eigenvalue weighted by atomic mass is 9.95. The average molecular weight is 334 g/mol. The number of tetrazole rings is 1. The zero-order valence-electron chi connectivity index (χ0n) is 15.2. The zero-order valence-corrected chi connectivity index (χ0v) is 15.2. The molecule has 0 unspecified atom stereocenters. The topological polar surface area (TPSA) is 67.2 Å². The third-order valence-electron chi connectivity index (χ3n) is 5.75. The Bertz CT molecular complexity index is 553. The van der Waals surface area contributed by atoms with Crippen LogP contribution < -0.4 is 0 Å². The molecule has 1 aromatic heterocycles. The van der Waals surface area contributed by atoms with E-state index in [0.29, 0.717) is 12.0 Å². The van der Waals surface area contributed by atoms with Crippen LogP contribution in [0.15, 0.2) is 0 Å². The van der Waals surface area contributed by atoms with Crippen LogP contribution in [0, 0.1) is 5.92 Å². The van der Waals surface area contributed by atoms with E-state index in [2.05, 4.69) is 39.1 Å². The maximum atomic E-state index is 11.5. The van der Waals surface area contributed by atoms with Crippen molar-refractivity contribution in [3.05, 3.63) is 5.82 Å². The van der Waals surface area contributed by atoms with E-state index in [4.69, 9.17) is 0 Å². The van der Waals surface area contributed by atoms with Gasteiger partial charge in [-0.15, -0.1) is 5.10 Å². The fourth-order valence-electron chi connectivity index (χ4n) is 4.09. The lowest BCUT2D eigenvalue weighted by molar-refractivity contribution is -0.127. The highest BCUT2D eigenvalue weighted by molar-refractivity contribution is 5.73. The molecule has 2 aliphatic rings. The maximum absolute atomic E-state index is 11.5. The smallest absolute Gasteiger partial charge is 0.219 e. The molecule has 24 heavy (non-hydrogen) atoms. The molecule has 0 spiro atoms. The molecule has 1 amide bonds. The number of amides is 1. The first-order valence-corrected chi connectivity index (χ1v) is 9.29. The third-order valence-corrected chi connectivity index (χ3v) is 5.75. The van der Waals surface area contributed by atoms with Gasteiger partial charge in [-0.1, -0.05) is 19.3 Å². The van der Waals surface area contributed by atoms with E-state index in [1.807, 2.05) is 4.90 Å². The van der Waals surface area contributed by atoms with Crippen LogP contribution >= 0.6 is 0 Å². The summed E-state index contributed by atoms with van der Waals surface area (Å²) in [5, 5.41) is 12.6. The summed E-state index contributed by atoms with van der Waals surface area (Å²) in [5.74, 6) is 1.71. The quantitative estimate of drug-likeness (QED) is 0.824. The lowest BCUT2D eigenvalue weighted by Crippen LogP contribution is -2.33. The largest absolute Gasteiger partial charge is 0.343 e. The highest BCUT2D eigenvalue weighted by Gasteiger charge is 2.29. The maximum Gasteiger partial charge on any atom is 0.219 e.